The van der Waals surface area contributed by atoms with Gasteiger partial charge in [0.15, 0.2) is 11.5 Å². The van der Waals surface area contributed by atoms with Gasteiger partial charge in [-0.2, -0.15) is 5.10 Å². The van der Waals surface area contributed by atoms with E-state index in [1.54, 1.807) is 23.9 Å². The second-order valence-corrected chi connectivity index (χ2v) is 5.70. The summed E-state index contributed by atoms with van der Waals surface area (Å²) in [7, 11) is 1.77. The Morgan fingerprint density at radius 1 is 1.38 bits per heavy atom. The maximum absolute atomic E-state index is 10.4. The SMILES string of the molecule is Cc1nn(C)c(Cl)c1CC(O)c1cc(Cl)c2c(c1)OCO2. The molecule has 0 spiro atoms. The first-order valence-corrected chi connectivity index (χ1v) is 7.18. The smallest absolute Gasteiger partial charge is 0.231 e. The summed E-state index contributed by atoms with van der Waals surface area (Å²) in [5, 5.41) is 15.6. The van der Waals surface area contributed by atoms with Gasteiger partial charge in [0.05, 0.1) is 16.8 Å². The number of ether oxygens (including phenoxy) is 2. The molecule has 21 heavy (non-hydrogen) atoms. The first kappa shape index (κ1) is 14.5. The van der Waals surface area contributed by atoms with Gasteiger partial charge < -0.3 is 14.6 Å². The summed E-state index contributed by atoms with van der Waals surface area (Å²) >= 11 is 12.3. The highest BCUT2D eigenvalue weighted by Gasteiger charge is 2.22. The molecule has 0 saturated heterocycles. The van der Waals surface area contributed by atoms with Crippen LogP contribution in [-0.4, -0.2) is 21.7 Å². The number of hydrogen-bond donors (Lipinski definition) is 1. The lowest BCUT2D eigenvalue weighted by atomic mass is 10.0. The Kier molecular flexibility index (Phi) is 3.73. The van der Waals surface area contributed by atoms with E-state index in [1.165, 1.54) is 0 Å². The van der Waals surface area contributed by atoms with Gasteiger partial charge >= 0.3 is 0 Å². The summed E-state index contributed by atoms with van der Waals surface area (Å²) in [4.78, 5) is 0. The van der Waals surface area contributed by atoms with E-state index in [4.69, 9.17) is 32.7 Å². The normalized spacial score (nSPS) is 14.5. The van der Waals surface area contributed by atoms with Crippen molar-refractivity contribution in [3.8, 4) is 11.5 Å². The third-order valence-electron chi connectivity index (χ3n) is 3.50. The minimum atomic E-state index is -0.752. The van der Waals surface area contributed by atoms with E-state index in [0.29, 0.717) is 33.7 Å². The van der Waals surface area contributed by atoms with Crippen molar-refractivity contribution < 1.29 is 14.6 Å². The molecular formula is C14H14Cl2N2O3. The second kappa shape index (κ2) is 5.40. The third kappa shape index (κ3) is 2.57. The number of nitrogens with zero attached hydrogens (tertiary/aromatic N) is 2. The molecule has 0 bridgehead atoms. The van der Waals surface area contributed by atoms with Crippen molar-refractivity contribution >= 4 is 23.2 Å². The largest absolute Gasteiger partial charge is 0.454 e. The number of aliphatic hydroxyl groups excluding tert-OH is 1. The van der Waals surface area contributed by atoms with E-state index in [9.17, 15) is 5.11 Å². The van der Waals surface area contributed by atoms with Crippen LogP contribution in [0.3, 0.4) is 0 Å². The molecular weight excluding hydrogens is 315 g/mol. The van der Waals surface area contributed by atoms with Crippen LogP contribution in [0.25, 0.3) is 0 Å². The molecule has 0 saturated carbocycles. The van der Waals surface area contributed by atoms with Crippen LogP contribution in [0, 0.1) is 6.92 Å². The summed E-state index contributed by atoms with van der Waals surface area (Å²) < 4.78 is 12.2. The minimum absolute atomic E-state index is 0.141. The zero-order valence-electron chi connectivity index (χ0n) is 11.6. The third-order valence-corrected chi connectivity index (χ3v) is 4.26. The molecule has 1 atom stereocenters. The number of aryl methyl sites for hydroxylation is 2. The van der Waals surface area contributed by atoms with Crippen LogP contribution in [0.1, 0.15) is 22.9 Å². The summed E-state index contributed by atoms with van der Waals surface area (Å²) in [5.74, 6) is 1.06. The van der Waals surface area contributed by atoms with Gasteiger partial charge in [-0.15, -0.1) is 0 Å². The molecule has 0 radical (unpaired) electrons. The highest BCUT2D eigenvalue weighted by Crippen LogP contribution is 2.41. The summed E-state index contributed by atoms with van der Waals surface area (Å²) in [6, 6.07) is 3.41. The molecule has 1 aromatic heterocycles. The number of aliphatic hydroxyl groups is 1. The maximum atomic E-state index is 10.4. The predicted octanol–water partition coefficient (Wildman–Crippen LogP) is 3.04. The lowest BCUT2D eigenvalue weighted by molar-refractivity contribution is 0.171. The van der Waals surface area contributed by atoms with Crippen molar-refractivity contribution in [2.24, 2.45) is 7.05 Å². The van der Waals surface area contributed by atoms with Crippen molar-refractivity contribution in [2.45, 2.75) is 19.4 Å². The van der Waals surface area contributed by atoms with Gasteiger partial charge in [-0.3, -0.25) is 4.68 Å². The molecule has 1 aromatic carbocycles. The van der Waals surface area contributed by atoms with Crippen molar-refractivity contribution in [3.05, 3.63) is 39.1 Å². The maximum Gasteiger partial charge on any atom is 0.231 e. The number of benzene rings is 1. The van der Waals surface area contributed by atoms with Crippen molar-refractivity contribution in [1.29, 1.82) is 0 Å². The molecule has 2 heterocycles. The quantitative estimate of drug-likeness (QED) is 0.940. The van der Waals surface area contributed by atoms with E-state index in [2.05, 4.69) is 5.10 Å². The van der Waals surface area contributed by atoms with Gasteiger partial charge in [0.25, 0.3) is 0 Å². The van der Waals surface area contributed by atoms with Crippen LogP contribution in [0.2, 0.25) is 10.2 Å². The van der Waals surface area contributed by atoms with Gasteiger partial charge in [-0.05, 0) is 24.6 Å². The van der Waals surface area contributed by atoms with Crippen LogP contribution in [0.15, 0.2) is 12.1 Å². The Labute approximate surface area is 132 Å². The lowest BCUT2D eigenvalue weighted by Gasteiger charge is -2.12. The Morgan fingerprint density at radius 2 is 2.14 bits per heavy atom. The fourth-order valence-electron chi connectivity index (χ4n) is 2.40. The number of halogens is 2. The minimum Gasteiger partial charge on any atom is -0.454 e. The monoisotopic (exact) mass is 328 g/mol. The molecule has 7 heteroatoms. The first-order chi connectivity index (χ1) is 9.97. The van der Waals surface area contributed by atoms with Gasteiger partial charge in [0.1, 0.15) is 5.15 Å². The molecule has 112 valence electrons. The van der Waals surface area contributed by atoms with Gasteiger partial charge in [0.2, 0.25) is 6.79 Å². The predicted molar refractivity (Wildman–Crippen MR) is 79.2 cm³/mol. The molecule has 0 fully saturated rings. The average molecular weight is 329 g/mol. The van der Waals surface area contributed by atoms with E-state index >= 15 is 0 Å². The lowest BCUT2D eigenvalue weighted by Crippen LogP contribution is -2.03. The molecule has 2 aromatic rings. The molecule has 3 rings (SSSR count). The Balaban J connectivity index is 1.89. The van der Waals surface area contributed by atoms with Crippen LogP contribution >= 0.6 is 23.2 Å². The number of aromatic nitrogens is 2. The van der Waals surface area contributed by atoms with Crippen LogP contribution in [0.4, 0.5) is 0 Å². The van der Waals surface area contributed by atoms with E-state index in [1.807, 2.05) is 6.92 Å². The van der Waals surface area contributed by atoms with E-state index in [-0.39, 0.29) is 6.79 Å². The fourth-order valence-corrected chi connectivity index (χ4v) is 2.92. The second-order valence-electron chi connectivity index (χ2n) is 4.93. The van der Waals surface area contributed by atoms with Gasteiger partial charge in [-0.1, -0.05) is 23.2 Å². The summed E-state index contributed by atoms with van der Waals surface area (Å²) in [6.07, 6.45) is -0.397. The molecule has 1 unspecified atom stereocenters. The molecule has 0 amide bonds. The highest BCUT2D eigenvalue weighted by molar-refractivity contribution is 6.32. The van der Waals surface area contributed by atoms with Gasteiger partial charge in [-0.25, -0.2) is 0 Å². The summed E-state index contributed by atoms with van der Waals surface area (Å²) in [5.41, 5.74) is 2.28. The van der Waals surface area contributed by atoms with E-state index < -0.39 is 6.10 Å². The molecule has 1 N–H and O–H groups in total. The van der Waals surface area contributed by atoms with Gasteiger partial charge in [0, 0.05) is 19.0 Å². The average Bonchev–Trinajstić information content (AvgIpc) is 2.99. The van der Waals surface area contributed by atoms with E-state index in [0.717, 1.165) is 11.3 Å². The Morgan fingerprint density at radius 3 is 2.81 bits per heavy atom. The standard InChI is InChI=1S/C14H14Cl2N2O3/c1-7-9(14(16)18(2)17-7)5-11(19)8-3-10(15)13-12(4-8)20-6-21-13/h3-4,11,19H,5-6H2,1-2H3. The summed E-state index contributed by atoms with van der Waals surface area (Å²) in [6.45, 7) is 2.00. The topological polar surface area (TPSA) is 56.5 Å². The van der Waals surface area contributed by atoms with Crippen LogP contribution < -0.4 is 9.47 Å². The van der Waals surface area contributed by atoms with Crippen molar-refractivity contribution in [1.82, 2.24) is 9.78 Å². The molecule has 5 nitrogen and oxygen atoms in total. The molecule has 1 aliphatic heterocycles. The van der Waals surface area contributed by atoms with Crippen molar-refractivity contribution in [3.63, 3.8) is 0 Å². The molecule has 1 aliphatic rings. The first-order valence-electron chi connectivity index (χ1n) is 6.42. The fraction of sp³-hybridized carbons (Fsp3) is 0.357. The number of hydrogen-bond acceptors (Lipinski definition) is 4. The Hall–Kier alpha value is -1.43. The van der Waals surface area contributed by atoms with Crippen LogP contribution in [0.5, 0.6) is 11.5 Å². The number of rotatable bonds is 3. The zero-order chi connectivity index (χ0) is 15.1. The van der Waals surface area contributed by atoms with Crippen LogP contribution in [-0.2, 0) is 13.5 Å². The van der Waals surface area contributed by atoms with Crippen molar-refractivity contribution in [2.75, 3.05) is 6.79 Å². The zero-order valence-corrected chi connectivity index (χ0v) is 13.1. The Bertz CT molecular complexity index is 700. The highest BCUT2D eigenvalue weighted by atomic mass is 35.5. The number of fused-ring (bicyclic) bond motifs is 1. The molecule has 0 aliphatic carbocycles.